The molecule has 1 nitrogen and oxygen atoms in total. The topological polar surface area (TPSA) is 12.0 Å². The minimum Gasteiger partial charge on any atom is -0.316 e. The molecule has 1 spiro atoms. The highest BCUT2D eigenvalue weighted by Crippen LogP contribution is 2.55. The van der Waals surface area contributed by atoms with E-state index in [1.165, 1.54) is 44.3 Å². The minimum absolute atomic E-state index is 0.547. The third-order valence-corrected chi connectivity index (χ3v) is 6.09. The molecule has 1 aromatic carbocycles. The highest BCUT2D eigenvalue weighted by Gasteiger charge is 2.47. The fraction of sp³-hybridized carbons (Fsp3) is 0.684. The van der Waals surface area contributed by atoms with Gasteiger partial charge < -0.3 is 5.32 Å². The van der Waals surface area contributed by atoms with E-state index in [1.54, 1.807) is 5.56 Å². The summed E-state index contributed by atoms with van der Waals surface area (Å²) in [4.78, 5) is 0. The first-order valence-electron chi connectivity index (χ1n) is 8.39. The first-order valence-corrected chi connectivity index (χ1v) is 8.39. The Kier molecular flexibility index (Phi) is 3.90. The molecule has 2 fully saturated rings. The number of hydrogen-bond acceptors (Lipinski definition) is 1. The van der Waals surface area contributed by atoms with Gasteiger partial charge in [0.1, 0.15) is 0 Å². The number of rotatable bonds is 1. The van der Waals surface area contributed by atoms with Gasteiger partial charge in [0.15, 0.2) is 0 Å². The van der Waals surface area contributed by atoms with Gasteiger partial charge in [-0.05, 0) is 55.5 Å². The molecule has 1 saturated heterocycles. The smallest absolute Gasteiger partial charge is 0.00256 e. The van der Waals surface area contributed by atoms with E-state index in [1.807, 2.05) is 0 Å². The minimum atomic E-state index is 0.547. The molecule has 20 heavy (non-hydrogen) atoms. The average Bonchev–Trinajstić information content (AvgIpc) is 2.44. The third kappa shape index (κ3) is 2.41. The summed E-state index contributed by atoms with van der Waals surface area (Å²) in [6.07, 6.45) is 5.63. The molecule has 0 amide bonds. The molecule has 1 heteroatoms. The highest BCUT2D eigenvalue weighted by atomic mass is 14.9. The van der Waals surface area contributed by atoms with E-state index in [-0.39, 0.29) is 0 Å². The first-order chi connectivity index (χ1) is 9.62. The van der Waals surface area contributed by atoms with Crippen molar-refractivity contribution in [1.82, 2.24) is 5.32 Å². The molecule has 1 aromatic rings. The Morgan fingerprint density at radius 1 is 1.20 bits per heavy atom. The van der Waals surface area contributed by atoms with Crippen LogP contribution in [0.25, 0.3) is 0 Å². The maximum absolute atomic E-state index is 3.66. The van der Waals surface area contributed by atoms with Gasteiger partial charge in [-0.25, -0.2) is 0 Å². The summed E-state index contributed by atoms with van der Waals surface area (Å²) >= 11 is 0. The third-order valence-electron chi connectivity index (χ3n) is 6.09. The number of aryl methyl sites for hydroxylation is 1. The Morgan fingerprint density at radius 3 is 2.80 bits per heavy atom. The largest absolute Gasteiger partial charge is 0.316 e. The molecule has 1 heterocycles. The van der Waals surface area contributed by atoms with E-state index in [9.17, 15) is 0 Å². The Bertz CT molecular complexity index is 467. The lowest BCUT2D eigenvalue weighted by atomic mass is 9.54. The quantitative estimate of drug-likeness (QED) is 0.792. The van der Waals surface area contributed by atoms with Gasteiger partial charge in [0.05, 0.1) is 0 Å². The van der Waals surface area contributed by atoms with E-state index in [0.717, 1.165) is 11.8 Å². The van der Waals surface area contributed by atoms with Crippen LogP contribution in [0.3, 0.4) is 0 Å². The molecule has 1 aliphatic heterocycles. The maximum atomic E-state index is 3.66. The number of benzene rings is 1. The lowest BCUT2D eigenvalue weighted by Gasteiger charge is -2.53. The second-order valence-electron chi connectivity index (χ2n) is 7.43. The van der Waals surface area contributed by atoms with Crippen molar-refractivity contribution in [3.63, 3.8) is 0 Å². The van der Waals surface area contributed by atoms with Crippen molar-refractivity contribution in [2.24, 2.45) is 17.3 Å². The molecule has 0 aromatic heterocycles. The summed E-state index contributed by atoms with van der Waals surface area (Å²) in [5, 5.41) is 3.66. The van der Waals surface area contributed by atoms with Gasteiger partial charge in [-0.15, -0.1) is 0 Å². The van der Waals surface area contributed by atoms with E-state index >= 15 is 0 Å². The molecule has 0 bridgehead atoms. The van der Waals surface area contributed by atoms with Gasteiger partial charge in [0, 0.05) is 12.5 Å². The Hall–Kier alpha value is -0.820. The van der Waals surface area contributed by atoms with E-state index < -0.39 is 0 Å². The van der Waals surface area contributed by atoms with Gasteiger partial charge in [0.25, 0.3) is 0 Å². The summed E-state index contributed by atoms with van der Waals surface area (Å²) < 4.78 is 0. The summed E-state index contributed by atoms with van der Waals surface area (Å²) in [5.74, 6) is 2.49. The molecular weight excluding hydrogens is 242 g/mol. The molecule has 1 saturated carbocycles. The van der Waals surface area contributed by atoms with E-state index in [4.69, 9.17) is 0 Å². The standard InChI is InChI=1S/C19H29N/c1-14-5-4-6-17(12-14)18-13-20-10-9-19(18)8-7-15(2)11-16(19)3/h4-6,12,15-16,18,20H,7-11,13H2,1-3H3. The Morgan fingerprint density at radius 2 is 2.05 bits per heavy atom. The van der Waals surface area contributed by atoms with Gasteiger partial charge in [-0.3, -0.25) is 0 Å². The fourth-order valence-corrected chi connectivity index (χ4v) is 4.89. The van der Waals surface area contributed by atoms with Crippen LogP contribution in [0.4, 0.5) is 0 Å². The fourth-order valence-electron chi connectivity index (χ4n) is 4.89. The van der Waals surface area contributed by atoms with Crippen LogP contribution in [0.15, 0.2) is 24.3 Å². The number of hydrogen-bond donors (Lipinski definition) is 1. The van der Waals surface area contributed by atoms with E-state index in [2.05, 4.69) is 50.4 Å². The van der Waals surface area contributed by atoms with Crippen molar-refractivity contribution in [2.45, 2.75) is 52.4 Å². The molecular formula is C19H29N. The van der Waals surface area contributed by atoms with Crippen molar-refractivity contribution >= 4 is 0 Å². The molecule has 4 atom stereocenters. The molecule has 2 aliphatic rings. The van der Waals surface area contributed by atoms with Crippen LogP contribution in [-0.2, 0) is 0 Å². The summed E-state index contributed by atoms with van der Waals surface area (Å²) in [5.41, 5.74) is 3.52. The molecule has 3 rings (SSSR count). The van der Waals surface area contributed by atoms with Crippen LogP contribution in [0.5, 0.6) is 0 Å². The molecule has 1 aliphatic carbocycles. The van der Waals surface area contributed by atoms with Crippen LogP contribution in [-0.4, -0.2) is 13.1 Å². The highest BCUT2D eigenvalue weighted by molar-refractivity contribution is 5.29. The lowest BCUT2D eigenvalue weighted by Crippen LogP contribution is -2.49. The zero-order chi connectivity index (χ0) is 14.2. The van der Waals surface area contributed by atoms with Crippen LogP contribution < -0.4 is 5.32 Å². The van der Waals surface area contributed by atoms with Crippen LogP contribution >= 0.6 is 0 Å². The van der Waals surface area contributed by atoms with E-state index in [0.29, 0.717) is 11.3 Å². The van der Waals surface area contributed by atoms with Crippen molar-refractivity contribution in [3.8, 4) is 0 Å². The maximum Gasteiger partial charge on any atom is 0.00256 e. The van der Waals surface area contributed by atoms with Crippen molar-refractivity contribution in [3.05, 3.63) is 35.4 Å². The molecule has 110 valence electrons. The van der Waals surface area contributed by atoms with Crippen molar-refractivity contribution in [2.75, 3.05) is 13.1 Å². The zero-order valence-electron chi connectivity index (χ0n) is 13.3. The van der Waals surface area contributed by atoms with Crippen LogP contribution in [0, 0.1) is 24.2 Å². The second-order valence-corrected chi connectivity index (χ2v) is 7.43. The predicted octanol–water partition coefficient (Wildman–Crippen LogP) is 4.51. The Balaban J connectivity index is 1.95. The number of piperidine rings is 1. The molecule has 0 radical (unpaired) electrons. The summed E-state index contributed by atoms with van der Waals surface area (Å²) in [6.45, 7) is 9.55. The van der Waals surface area contributed by atoms with Crippen molar-refractivity contribution < 1.29 is 0 Å². The summed E-state index contributed by atoms with van der Waals surface area (Å²) in [7, 11) is 0. The van der Waals surface area contributed by atoms with Gasteiger partial charge in [-0.1, -0.05) is 50.1 Å². The lowest BCUT2D eigenvalue weighted by molar-refractivity contribution is 0.0229. The normalized spacial score (nSPS) is 38.0. The van der Waals surface area contributed by atoms with Gasteiger partial charge >= 0.3 is 0 Å². The van der Waals surface area contributed by atoms with Crippen LogP contribution in [0.2, 0.25) is 0 Å². The molecule has 1 N–H and O–H groups in total. The predicted molar refractivity (Wildman–Crippen MR) is 86.0 cm³/mol. The monoisotopic (exact) mass is 271 g/mol. The van der Waals surface area contributed by atoms with Crippen molar-refractivity contribution in [1.29, 1.82) is 0 Å². The number of nitrogens with one attached hydrogen (secondary N) is 1. The summed E-state index contributed by atoms with van der Waals surface area (Å²) in [6, 6.07) is 9.24. The molecule has 4 unspecified atom stereocenters. The average molecular weight is 271 g/mol. The SMILES string of the molecule is Cc1cccc(C2CNCCC23CCC(C)CC3C)c1. The zero-order valence-corrected chi connectivity index (χ0v) is 13.3. The first kappa shape index (κ1) is 14.1. The van der Waals surface area contributed by atoms with Crippen LogP contribution in [0.1, 0.15) is 56.6 Å². The Labute approximate surface area is 124 Å². The second kappa shape index (κ2) is 5.52. The van der Waals surface area contributed by atoms with Gasteiger partial charge in [0.2, 0.25) is 0 Å². The van der Waals surface area contributed by atoms with Gasteiger partial charge in [-0.2, -0.15) is 0 Å².